The van der Waals surface area contributed by atoms with E-state index in [4.69, 9.17) is 4.74 Å². The van der Waals surface area contributed by atoms with Crippen molar-refractivity contribution in [3.05, 3.63) is 26.7 Å². The van der Waals surface area contributed by atoms with Gasteiger partial charge in [0.1, 0.15) is 0 Å². The van der Waals surface area contributed by atoms with Gasteiger partial charge < -0.3 is 19.6 Å². The fourth-order valence-corrected chi connectivity index (χ4v) is 5.60. The van der Waals surface area contributed by atoms with Gasteiger partial charge in [-0.3, -0.25) is 15.0 Å². The number of hydrogen-bond donors (Lipinski definition) is 1. The fraction of sp³-hybridized carbons (Fsp3) is 0.667. The highest BCUT2D eigenvalue weighted by Crippen LogP contribution is 2.39. The van der Waals surface area contributed by atoms with Gasteiger partial charge in [-0.05, 0) is 33.7 Å². The lowest BCUT2D eigenvalue weighted by Crippen LogP contribution is -2.51. The average Bonchev–Trinajstić information content (AvgIpc) is 3.13. The van der Waals surface area contributed by atoms with Crippen molar-refractivity contribution in [2.45, 2.75) is 33.2 Å². The van der Waals surface area contributed by atoms with E-state index in [0.29, 0.717) is 16.9 Å². The van der Waals surface area contributed by atoms with Crippen LogP contribution in [0.5, 0.6) is 5.75 Å². The number of benzene rings is 1. The molecule has 0 saturated carbocycles. The Morgan fingerprint density at radius 2 is 1.90 bits per heavy atom. The second-order valence-electron chi connectivity index (χ2n) is 9.36. The molecule has 0 bridgehead atoms. The molecule has 172 valence electrons. The van der Waals surface area contributed by atoms with Crippen molar-refractivity contribution in [3.8, 4) is 5.75 Å². The van der Waals surface area contributed by atoms with E-state index in [9.17, 15) is 20.0 Å². The molecule has 1 N–H and O–H groups in total. The molecule has 2 aliphatic rings. The Kier molecular flexibility index (Phi) is 7.00. The van der Waals surface area contributed by atoms with Gasteiger partial charge in [0, 0.05) is 61.9 Å². The molecule has 1 amide bonds. The Labute approximate surface area is 191 Å². The molecule has 1 aromatic rings. The van der Waals surface area contributed by atoms with Gasteiger partial charge in [-0.25, -0.2) is 4.79 Å². The van der Waals surface area contributed by atoms with Crippen LogP contribution in [0.2, 0.25) is 0 Å². The van der Waals surface area contributed by atoms with E-state index < -0.39 is 11.0 Å². The van der Waals surface area contributed by atoms with Crippen LogP contribution in [-0.4, -0.2) is 78.3 Å². The zero-order valence-electron chi connectivity index (χ0n) is 18.5. The number of carbonyl (C=O) groups is 1. The van der Waals surface area contributed by atoms with Crippen molar-refractivity contribution in [2.24, 2.45) is 11.3 Å². The van der Waals surface area contributed by atoms with Crippen molar-refractivity contribution in [2.75, 3.05) is 51.3 Å². The minimum Gasteiger partial charge on any atom is -0.490 e. The normalized spacial score (nSPS) is 22.6. The summed E-state index contributed by atoms with van der Waals surface area (Å²) in [5.41, 5.74) is 0.712. The number of carboxylic acid groups (broad SMARTS) is 1. The molecular weight excluding hydrogens is 468 g/mol. The van der Waals surface area contributed by atoms with Crippen LogP contribution in [0.25, 0.3) is 0 Å². The van der Waals surface area contributed by atoms with Crippen LogP contribution in [0.3, 0.4) is 0 Å². The summed E-state index contributed by atoms with van der Waals surface area (Å²) in [6.07, 6.45) is 0.0590. The fourth-order valence-electron chi connectivity index (χ4n) is 5.02. The van der Waals surface area contributed by atoms with Gasteiger partial charge in [-0.1, -0.05) is 20.8 Å². The number of anilines is 1. The number of methoxy groups -OCH3 is 1. The van der Waals surface area contributed by atoms with Crippen LogP contribution in [0.15, 0.2) is 16.6 Å². The maximum absolute atomic E-state index is 11.7. The molecule has 2 fully saturated rings. The number of likely N-dealkylation sites (tertiary alicyclic amines) is 1. The minimum atomic E-state index is -0.829. The number of piperazine rings is 1. The first-order valence-corrected chi connectivity index (χ1v) is 11.3. The molecule has 0 aliphatic carbocycles. The summed E-state index contributed by atoms with van der Waals surface area (Å²) in [6.45, 7) is 11.1. The first kappa shape index (κ1) is 23.6. The van der Waals surface area contributed by atoms with Gasteiger partial charge in [-0.2, -0.15) is 0 Å². The molecule has 2 heterocycles. The summed E-state index contributed by atoms with van der Waals surface area (Å²) < 4.78 is 5.90. The summed E-state index contributed by atoms with van der Waals surface area (Å²) >= 11 is 3.47. The largest absolute Gasteiger partial charge is 0.490 e. The van der Waals surface area contributed by atoms with Crippen molar-refractivity contribution in [3.63, 3.8) is 0 Å². The highest BCUT2D eigenvalue weighted by molar-refractivity contribution is 9.10. The number of halogens is 1. The van der Waals surface area contributed by atoms with Gasteiger partial charge in [0.15, 0.2) is 5.75 Å². The van der Waals surface area contributed by atoms with Crippen molar-refractivity contribution >= 4 is 33.4 Å². The number of nitrogens with zero attached hydrogens (tertiary/aromatic N) is 4. The molecular formula is C21H31BrN4O5. The van der Waals surface area contributed by atoms with E-state index in [1.807, 2.05) is 0 Å². The monoisotopic (exact) mass is 498 g/mol. The molecule has 2 saturated heterocycles. The SMILES string of the molecule is COc1cc(N2CCN(CC3CCN(C(=O)O)C3C(C)(C)C)CC2)c(Br)cc1[N+](=O)[O-]. The Morgan fingerprint density at radius 3 is 2.42 bits per heavy atom. The van der Waals surface area contributed by atoms with Crippen LogP contribution in [-0.2, 0) is 0 Å². The molecule has 2 atom stereocenters. The lowest BCUT2D eigenvalue weighted by molar-refractivity contribution is -0.385. The first-order valence-electron chi connectivity index (χ1n) is 10.5. The zero-order chi connectivity index (χ0) is 22.9. The molecule has 0 radical (unpaired) electrons. The van der Waals surface area contributed by atoms with Crippen LogP contribution in [0.4, 0.5) is 16.2 Å². The number of amides is 1. The maximum Gasteiger partial charge on any atom is 0.407 e. The summed E-state index contributed by atoms with van der Waals surface area (Å²) in [5.74, 6) is 0.562. The summed E-state index contributed by atoms with van der Waals surface area (Å²) in [6, 6.07) is 3.22. The van der Waals surface area contributed by atoms with E-state index in [1.165, 1.54) is 13.2 Å². The molecule has 0 spiro atoms. The summed E-state index contributed by atoms with van der Waals surface area (Å²) in [4.78, 5) is 28.7. The number of rotatable bonds is 5. The van der Waals surface area contributed by atoms with Crippen molar-refractivity contribution in [1.29, 1.82) is 0 Å². The van der Waals surface area contributed by atoms with Gasteiger partial charge in [0.2, 0.25) is 0 Å². The maximum atomic E-state index is 11.7. The van der Waals surface area contributed by atoms with Crippen LogP contribution in [0, 0.1) is 21.4 Å². The second kappa shape index (κ2) is 9.20. The number of hydrogen-bond acceptors (Lipinski definition) is 6. The van der Waals surface area contributed by atoms with Crippen LogP contribution < -0.4 is 9.64 Å². The van der Waals surface area contributed by atoms with Gasteiger partial charge in [0.25, 0.3) is 0 Å². The van der Waals surface area contributed by atoms with Crippen molar-refractivity contribution in [1.82, 2.24) is 9.80 Å². The summed E-state index contributed by atoms with van der Waals surface area (Å²) in [5, 5.41) is 20.8. The highest BCUT2D eigenvalue weighted by atomic mass is 79.9. The second-order valence-corrected chi connectivity index (χ2v) is 10.2. The smallest absolute Gasteiger partial charge is 0.407 e. The number of nitro benzene ring substituents is 1. The third-order valence-corrected chi connectivity index (χ3v) is 6.94. The predicted octanol–water partition coefficient (Wildman–Crippen LogP) is 3.90. The molecule has 2 aliphatic heterocycles. The molecule has 9 nitrogen and oxygen atoms in total. The number of ether oxygens (including phenoxy) is 1. The Balaban J connectivity index is 1.66. The van der Waals surface area contributed by atoms with E-state index in [0.717, 1.165) is 44.8 Å². The number of nitro groups is 1. The summed E-state index contributed by atoms with van der Waals surface area (Å²) in [7, 11) is 1.44. The Morgan fingerprint density at radius 1 is 1.26 bits per heavy atom. The lowest BCUT2D eigenvalue weighted by atomic mass is 9.79. The van der Waals surface area contributed by atoms with Gasteiger partial charge in [0.05, 0.1) is 17.7 Å². The standard InChI is InChI=1S/C21H31BrN4O5/c1-21(2,3)19-14(5-6-25(19)20(27)28)13-23-7-9-24(10-8-23)16-12-18(31-4)17(26(29)30)11-15(16)22/h11-12,14,19H,5-10,13H2,1-4H3,(H,27,28). The van der Waals surface area contributed by atoms with Crippen LogP contribution in [0.1, 0.15) is 27.2 Å². The topological polar surface area (TPSA) is 99.4 Å². The Bertz CT molecular complexity index is 836. The molecule has 10 heteroatoms. The molecule has 1 aromatic carbocycles. The van der Waals surface area contributed by atoms with Crippen LogP contribution >= 0.6 is 15.9 Å². The van der Waals surface area contributed by atoms with Gasteiger partial charge in [-0.15, -0.1) is 0 Å². The van der Waals surface area contributed by atoms with Gasteiger partial charge >= 0.3 is 11.8 Å². The molecule has 3 rings (SSSR count). The highest BCUT2D eigenvalue weighted by Gasteiger charge is 2.44. The van der Waals surface area contributed by atoms with Crippen molar-refractivity contribution < 1.29 is 19.6 Å². The predicted molar refractivity (Wildman–Crippen MR) is 122 cm³/mol. The van der Waals surface area contributed by atoms with E-state index in [2.05, 4.69) is 46.5 Å². The lowest BCUT2D eigenvalue weighted by Gasteiger charge is -2.41. The average molecular weight is 499 g/mol. The Hall–Kier alpha value is -2.07. The molecule has 0 aromatic heterocycles. The first-order chi connectivity index (χ1) is 14.5. The van der Waals surface area contributed by atoms with E-state index >= 15 is 0 Å². The van der Waals surface area contributed by atoms with E-state index in [-0.39, 0.29) is 22.9 Å². The zero-order valence-corrected chi connectivity index (χ0v) is 20.1. The third kappa shape index (κ3) is 5.06. The molecule has 2 unspecified atom stereocenters. The van der Waals surface area contributed by atoms with E-state index in [1.54, 1.807) is 11.0 Å². The minimum absolute atomic E-state index is 0.0103. The quantitative estimate of drug-likeness (QED) is 0.485. The molecule has 31 heavy (non-hydrogen) atoms. The third-order valence-electron chi connectivity index (χ3n) is 6.31.